The molecule has 0 bridgehead atoms. The van der Waals surface area contributed by atoms with Gasteiger partial charge in [-0.2, -0.15) is 0 Å². The highest BCUT2D eigenvalue weighted by Gasteiger charge is 2.21. The molecular weight excluding hydrogens is 190 g/mol. The zero-order valence-corrected chi connectivity index (χ0v) is 8.72. The highest BCUT2D eigenvalue weighted by Crippen LogP contribution is 2.11. The van der Waals surface area contributed by atoms with Crippen LogP contribution >= 0.6 is 0 Å². The molecule has 0 aliphatic heterocycles. The Kier molecular flexibility index (Phi) is 4.18. The number of nitrogens with two attached hydrogens (primary N) is 1. The van der Waals surface area contributed by atoms with Crippen LogP contribution in [-0.2, 0) is 16.0 Å². The van der Waals surface area contributed by atoms with Gasteiger partial charge in [-0.05, 0) is 18.9 Å². The van der Waals surface area contributed by atoms with Gasteiger partial charge >= 0.3 is 0 Å². The van der Waals surface area contributed by atoms with E-state index in [4.69, 9.17) is 5.73 Å². The molecule has 2 N–H and O–H groups in total. The molecule has 80 valence electrons. The van der Waals surface area contributed by atoms with Crippen molar-refractivity contribution < 1.29 is 9.59 Å². The Bertz CT molecular complexity index is 335. The quantitative estimate of drug-likeness (QED) is 0.728. The van der Waals surface area contributed by atoms with E-state index in [9.17, 15) is 9.59 Å². The summed E-state index contributed by atoms with van der Waals surface area (Å²) in [6.07, 6.45) is 1.16. The first kappa shape index (κ1) is 11.6. The van der Waals surface area contributed by atoms with E-state index in [1.165, 1.54) is 6.92 Å². The fourth-order valence-electron chi connectivity index (χ4n) is 1.51. The normalized spacial score (nSPS) is 14.3. The van der Waals surface area contributed by atoms with Crippen LogP contribution in [0.1, 0.15) is 12.5 Å². The van der Waals surface area contributed by atoms with E-state index in [0.29, 0.717) is 12.7 Å². The molecule has 0 aliphatic carbocycles. The van der Waals surface area contributed by atoms with Gasteiger partial charge in [-0.25, -0.2) is 0 Å². The molecule has 1 aromatic carbocycles. The van der Waals surface area contributed by atoms with Gasteiger partial charge in [0.1, 0.15) is 12.1 Å². The Labute approximate surface area is 89.3 Å². The van der Waals surface area contributed by atoms with Crippen molar-refractivity contribution in [3.05, 3.63) is 35.9 Å². The van der Waals surface area contributed by atoms with Crippen molar-refractivity contribution in [2.75, 3.05) is 0 Å². The lowest BCUT2D eigenvalue weighted by atomic mass is 9.90. The molecule has 1 aromatic rings. The van der Waals surface area contributed by atoms with Crippen LogP contribution in [0.3, 0.4) is 0 Å². The molecule has 15 heavy (non-hydrogen) atoms. The fraction of sp³-hybridized carbons (Fsp3) is 0.333. The number of carbonyl (C=O) groups is 2. The van der Waals surface area contributed by atoms with Gasteiger partial charge in [0.05, 0.1) is 6.04 Å². The predicted octanol–water partition coefficient (Wildman–Crippen LogP) is 0.960. The number of benzene rings is 1. The summed E-state index contributed by atoms with van der Waals surface area (Å²) < 4.78 is 0. The summed E-state index contributed by atoms with van der Waals surface area (Å²) in [7, 11) is 0. The largest absolute Gasteiger partial charge is 0.321 e. The van der Waals surface area contributed by atoms with Crippen LogP contribution in [0.2, 0.25) is 0 Å². The lowest BCUT2D eigenvalue weighted by Gasteiger charge is -2.16. The Morgan fingerprint density at radius 3 is 2.47 bits per heavy atom. The Morgan fingerprint density at radius 1 is 1.40 bits per heavy atom. The number of carbonyl (C=O) groups excluding carboxylic acids is 2. The third-order valence-corrected chi connectivity index (χ3v) is 2.44. The van der Waals surface area contributed by atoms with Gasteiger partial charge in [0.2, 0.25) is 0 Å². The van der Waals surface area contributed by atoms with Gasteiger partial charge in [0.25, 0.3) is 0 Å². The van der Waals surface area contributed by atoms with Gasteiger partial charge in [0.15, 0.2) is 0 Å². The molecule has 0 aromatic heterocycles. The Morgan fingerprint density at radius 2 is 2.00 bits per heavy atom. The van der Waals surface area contributed by atoms with Crippen LogP contribution < -0.4 is 5.73 Å². The predicted molar refractivity (Wildman–Crippen MR) is 58.4 cm³/mol. The Balaban J connectivity index is 2.76. The maximum absolute atomic E-state index is 11.3. The van der Waals surface area contributed by atoms with E-state index < -0.39 is 12.0 Å². The van der Waals surface area contributed by atoms with E-state index in [0.717, 1.165) is 5.56 Å². The van der Waals surface area contributed by atoms with Gasteiger partial charge in [0, 0.05) is 5.92 Å². The van der Waals surface area contributed by atoms with E-state index in [1.807, 2.05) is 30.3 Å². The standard InChI is InChI=1S/C12H15NO2/c1-9(15)11(12(13)8-14)7-10-5-3-2-4-6-10/h2-6,8,11-12H,7,13H2,1H3. The van der Waals surface area contributed by atoms with Gasteiger partial charge in [-0.1, -0.05) is 30.3 Å². The average Bonchev–Trinajstić information content (AvgIpc) is 2.26. The molecular formula is C12H15NO2. The second kappa shape index (κ2) is 5.41. The van der Waals surface area contributed by atoms with Crippen LogP contribution in [0.15, 0.2) is 30.3 Å². The molecule has 2 unspecified atom stereocenters. The fourth-order valence-corrected chi connectivity index (χ4v) is 1.51. The summed E-state index contributed by atoms with van der Waals surface area (Å²) in [5.74, 6) is -0.455. The van der Waals surface area contributed by atoms with E-state index >= 15 is 0 Å². The van der Waals surface area contributed by atoms with Gasteiger partial charge in [-0.3, -0.25) is 4.79 Å². The second-order valence-corrected chi connectivity index (χ2v) is 3.62. The van der Waals surface area contributed by atoms with Crippen molar-refractivity contribution in [1.82, 2.24) is 0 Å². The summed E-state index contributed by atoms with van der Waals surface area (Å²) in [4.78, 5) is 21.9. The van der Waals surface area contributed by atoms with Crippen molar-refractivity contribution in [1.29, 1.82) is 0 Å². The summed E-state index contributed by atoms with van der Waals surface area (Å²) in [5.41, 5.74) is 6.60. The van der Waals surface area contributed by atoms with E-state index in [2.05, 4.69) is 0 Å². The summed E-state index contributed by atoms with van der Waals surface area (Å²) in [6.45, 7) is 1.47. The number of ketones is 1. The van der Waals surface area contributed by atoms with Crippen LogP contribution in [0.4, 0.5) is 0 Å². The topological polar surface area (TPSA) is 60.2 Å². The first-order valence-corrected chi connectivity index (χ1v) is 4.90. The Hall–Kier alpha value is -1.48. The molecule has 0 fully saturated rings. The van der Waals surface area contributed by atoms with E-state index in [1.54, 1.807) is 0 Å². The minimum atomic E-state index is -0.706. The number of Topliss-reactive ketones (excluding diaryl/α,β-unsaturated/α-hetero) is 1. The minimum Gasteiger partial charge on any atom is -0.321 e. The molecule has 0 heterocycles. The molecule has 3 heteroatoms. The van der Waals surface area contributed by atoms with Crippen molar-refractivity contribution >= 4 is 12.1 Å². The van der Waals surface area contributed by atoms with Crippen LogP contribution in [-0.4, -0.2) is 18.1 Å². The third-order valence-electron chi connectivity index (χ3n) is 2.44. The lowest BCUT2D eigenvalue weighted by Crippen LogP contribution is -2.37. The number of hydrogen-bond donors (Lipinski definition) is 1. The molecule has 0 aliphatic rings. The first-order chi connectivity index (χ1) is 7.15. The third kappa shape index (κ3) is 3.29. The van der Waals surface area contributed by atoms with Crippen molar-refractivity contribution in [3.8, 4) is 0 Å². The molecule has 0 saturated carbocycles. The lowest BCUT2D eigenvalue weighted by molar-refractivity contribution is -0.123. The minimum absolute atomic E-state index is 0.0431. The molecule has 2 atom stereocenters. The van der Waals surface area contributed by atoms with Crippen LogP contribution in [0.25, 0.3) is 0 Å². The highest BCUT2D eigenvalue weighted by atomic mass is 16.1. The average molecular weight is 205 g/mol. The molecule has 3 nitrogen and oxygen atoms in total. The molecule has 0 saturated heterocycles. The molecule has 0 radical (unpaired) electrons. The van der Waals surface area contributed by atoms with Crippen molar-refractivity contribution in [3.63, 3.8) is 0 Å². The second-order valence-electron chi connectivity index (χ2n) is 3.62. The van der Waals surface area contributed by atoms with E-state index in [-0.39, 0.29) is 5.78 Å². The SMILES string of the molecule is CC(=O)C(Cc1ccccc1)C(N)C=O. The zero-order valence-electron chi connectivity index (χ0n) is 8.72. The molecule has 1 rings (SSSR count). The maximum atomic E-state index is 11.3. The van der Waals surface area contributed by atoms with Crippen molar-refractivity contribution in [2.24, 2.45) is 11.7 Å². The number of rotatable bonds is 5. The number of hydrogen-bond acceptors (Lipinski definition) is 3. The number of aldehydes is 1. The summed E-state index contributed by atoms with van der Waals surface area (Å²) >= 11 is 0. The molecule has 0 spiro atoms. The monoisotopic (exact) mass is 205 g/mol. The van der Waals surface area contributed by atoms with Crippen LogP contribution in [0.5, 0.6) is 0 Å². The zero-order chi connectivity index (χ0) is 11.3. The summed E-state index contributed by atoms with van der Waals surface area (Å²) in [5, 5.41) is 0. The highest BCUT2D eigenvalue weighted by molar-refractivity contribution is 5.83. The van der Waals surface area contributed by atoms with Gasteiger partial charge < -0.3 is 10.5 Å². The van der Waals surface area contributed by atoms with Crippen molar-refractivity contribution in [2.45, 2.75) is 19.4 Å². The smallest absolute Gasteiger partial charge is 0.137 e. The first-order valence-electron chi connectivity index (χ1n) is 4.90. The van der Waals surface area contributed by atoms with Gasteiger partial charge in [-0.15, -0.1) is 0 Å². The van der Waals surface area contributed by atoms with Crippen LogP contribution in [0, 0.1) is 5.92 Å². The maximum Gasteiger partial charge on any atom is 0.137 e. The summed E-state index contributed by atoms with van der Waals surface area (Å²) in [6, 6.07) is 8.85. The molecule has 0 amide bonds.